The zero-order valence-corrected chi connectivity index (χ0v) is 11.2. The van der Waals surface area contributed by atoms with Gasteiger partial charge in [0.15, 0.2) is 5.82 Å². The second kappa shape index (κ2) is 5.05. The van der Waals surface area contributed by atoms with Gasteiger partial charge in [-0.15, -0.1) is 0 Å². The van der Waals surface area contributed by atoms with Crippen molar-refractivity contribution < 1.29 is 4.79 Å². The average Bonchev–Trinajstić information content (AvgIpc) is 2.95. The lowest BCUT2D eigenvalue weighted by molar-refractivity contribution is 0.0995. The first-order chi connectivity index (χ1) is 9.69. The smallest absolute Gasteiger partial charge is 0.269 e. The third-order valence-corrected chi connectivity index (χ3v) is 3.64. The molecule has 0 radical (unpaired) electrons. The third kappa shape index (κ3) is 2.18. The molecule has 20 heavy (non-hydrogen) atoms. The summed E-state index contributed by atoms with van der Waals surface area (Å²) in [5, 5.41) is 4.16. The van der Waals surface area contributed by atoms with Gasteiger partial charge in [0.25, 0.3) is 5.91 Å². The van der Waals surface area contributed by atoms with Gasteiger partial charge in [0.05, 0.1) is 0 Å². The highest BCUT2D eigenvalue weighted by Crippen LogP contribution is 2.23. The van der Waals surface area contributed by atoms with Crippen LogP contribution < -0.4 is 11.5 Å². The molecule has 0 saturated heterocycles. The van der Waals surface area contributed by atoms with E-state index in [2.05, 4.69) is 11.2 Å². The Hall–Kier alpha value is -2.21. The summed E-state index contributed by atoms with van der Waals surface area (Å²) in [6, 6.07) is 3.70. The van der Waals surface area contributed by atoms with E-state index in [0.29, 0.717) is 12.4 Å². The van der Waals surface area contributed by atoms with Crippen molar-refractivity contribution in [2.75, 3.05) is 0 Å². The number of aryl methyl sites for hydroxylation is 2. The van der Waals surface area contributed by atoms with E-state index in [-0.39, 0.29) is 5.69 Å². The molecule has 0 saturated carbocycles. The number of aromatic nitrogens is 3. The molecule has 6 nitrogen and oxygen atoms in total. The molecule has 2 aromatic rings. The Morgan fingerprint density at radius 1 is 1.35 bits per heavy atom. The maximum absolute atomic E-state index is 11.1. The van der Waals surface area contributed by atoms with Crippen molar-refractivity contribution >= 4 is 5.91 Å². The number of nitrogens with two attached hydrogens (primary N) is 2. The highest BCUT2D eigenvalue weighted by molar-refractivity contribution is 5.90. The Morgan fingerprint density at radius 2 is 2.15 bits per heavy atom. The molecule has 4 N–H and O–H groups in total. The molecule has 0 bridgehead atoms. The maximum Gasteiger partial charge on any atom is 0.269 e. The van der Waals surface area contributed by atoms with E-state index < -0.39 is 5.91 Å². The predicted molar refractivity (Wildman–Crippen MR) is 74.4 cm³/mol. The summed E-state index contributed by atoms with van der Waals surface area (Å²) >= 11 is 0. The molecule has 2 aromatic heterocycles. The van der Waals surface area contributed by atoms with E-state index in [1.807, 2.05) is 0 Å². The standard InChI is InChI=1S/C14H17N5O/c15-8-10-7-9-3-1-2-4-11(9)17-14(10)19-6-5-12(18-19)13(16)20/h5-7H,1-4,8,15H2,(H2,16,20). The van der Waals surface area contributed by atoms with E-state index in [9.17, 15) is 4.79 Å². The van der Waals surface area contributed by atoms with E-state index in [0.717, 1.165) is 30.5 Å². The van der Waals surface area contributed by atoms with Crippen LogP contribution in [0.15, 0.2) is 18.3 Å². The second-order valence-corrected chi connectivity index (χ2v) is 5.00. The third-order valence-electron chi connectivity index (χ3n) is 3.64. The lowest BCUT2D eigenvalue weighted by Crippen LogP contribution is -2.15. The summed E-state index contributed by atoms with van der Waals surface area (Å²) in [6.07, 6.45) is 6.09. The Bertz CT molecular complexity index is 662. The monoisotopic (exact) mass is 271 g/mol. The molecule has 0 spiro atoms. The second-order valence-electron chi connectivity index (χ2n) is 5.00. The molecule has 0 atom stereocenters. The molecular formula is C14H17N5O. The van der Waals surface area contributed by atoms with Gasteiger partial charge in [0.2, 0.25) is 0 Å². The van der Waals surface area contributed by atoms with E-state index in [4.69, 9.17) is 16.5 Å². The van der Waals surface area contributed by atoms with Gasteiger partial charge in [-0.25, -0.2) is 9.67 Å². The average molecular weight is 271 g/mol. The number of hydrogen-bond acceptors (Lipinski definition) is 4. The minimum absolute atomic E-state index is 0.229. The molecule has 1 aliphatic rings. The fourth-order valence-corrected chi connectivity index (χ4v) is 2.59. The van der Waals surface area contributed by atoms with Gasteiger partial charge in [-0.05, 0) is 43.4 Å². The van der Waals surface area contributed by atoms with Crippen LogP contribution in [-0.2, 0) is 19.4 Å². The number of rotatable bonds is 3. The quantitative estimate of drug-likeness (QED) is 0.858. The molecular weight excluding hydrogens is 254 g/mol. The van der Waals surface area contributed by atoms with Crippen molar-refractivity contribution in [1.29, 1.82) is 0 Å². The molecule has 0 unspecified atom stereocenters. The number of hydrogen-bond donors (Lipinski definition) is 2. The number of fused-ring (bicyclic) bond motifs is 1. The number of carbonyl (C=O) groups is 1. The zero-order valence-electron chi connectivity index (χ0n) is 11.2. The number of amides is 1. The number of primary amides is 1. The van der Waals surface area contributed by atoms with Crippen LogP contribution in [-0.4, -0.2) is 20.7 Å². The Balaban J connectivity index is 2.08. The molecule has 104 valence electrons. The molecule has 1 amide bonds. The fraction of sp³-hybridized carbons (Fsp3) is 0.357. The summed E-state index contributed by atoms with van der Waals surface area (Å²) in [5.74, 6) is 0.150. The maximum atomic E-state index is 11.1. The highest BCUT2D eigenvalue weighted by Gasteiger charge is 2.16. The topological polar surface area (TPSA) is 99.8 Å². The van der Waals surface area contributed by atoms with Crippen molar-refractivity contribution in [2.45, 2.75) is 32.2 Å². The first-order valence-corrected chi connectivity index (χ1v) is 6.76. The van der Waals surface area contributed by atoms with Crippen LogP contribution >= 0.6 is 0 Å². The van der Waals surface area contributed by atoms with Crippen LogP contribution in [0.5, 0.6) is 0 Å². The van der Waals surface area contributed by atoms with Gasteiger partial charge in [-0.2, -0.15) is 5.10 Å². The molecule has 6 heteroatoms. The normalized spacial score (nSPS) is 14.1. The number of nitrogens with zero attached hydrogens (tertiary/aromatic N) is 3. The highest BCUT2D eigenvalue weighted by atomic mass is 16.1. The van der Waals surface area contributed by atoms with E-state index in [1.165, 1.54) is 12.0 Å². The molecule has 0 fully saturated rings. The number of pyridine rings is 1. The van der Waals surface area contributed by atoms with Gasteiger partial charge in [-0.3, -0.25) is 4.79 Å². The first-order valence-electron chi connectivity index (χ1n) is 6.76. The van der Waals surface area contributed by atoms with Crippen molar-refractivity contribution in [3.8, 4) is 5.82 Å². The van der Waals surface area contributed by atoms with Crippen LogP contribution in [0.2, 0.25) is 0 Å². The first kappa shape index (κ1) is 12.8. The van der Waals surface area contributed by atoms with Gasteiger partial charge in [0.1, 0.15) is 5.69 Å². The van der Waals surface area contributed by atoms with Crippen LogP contribution in [0.1, 0.15) is 40.2 Å². The van der Waals surface area contributed by atoms with Gasteiger partial charge < -0.3 is 11.5 Å². The molecule has 0 aromatic carbocycles. The van der Waals surface area contributed by atoms with Gasteiger partial charge in [0, 0.05) is 24.0 Å². The van der Waals surface area contributed by atoms with Crippen molar-refractivity contribution in [2.24, 2.45) is 11.5 Å². The van der Waals surface area contributed by atoms with Crippen LogP contribution in [0.25, 0.3) is 5.82 Å². The molecule has 2 heterocycles. The molecule has 0 aliphatic heterocycles. The van der Waals surface area contributed by atoms with Gasteiger partial charge >= 0.3 is 0 Å². The van der Waals surface area contributed by atoms with Gasteiger partial charge in [-0.1, -0.05) is 0 Å². The van der Waals surface area contributed by atoms with Crippen molar-refractivity contribution in [1.82, 2.24) is 14.8 Å². The summed E-state index contributed by atoms with van der Waals surface area (Å²) in [4.78, 5) is 15.8. The zero-order chi connectivity index (χ0) is 14.1. The molecule has 3 rings (SSSR count). The summed E-state index contributed by atoms with van der Waals surface area (Å²) < 4.78 is 1.58. The fourth-order valence-electron chi connectivity index (χ4n) is 2.59. The van der Waals surface area contributed by atoms with Crippen molar-refractivity contribution in [3.05, 3.63) is 40.8 Å². The SMILES string of the molecule is NCc1cc2c(nc1-n1ccc(C(N)=O)n1)CCCC2. The predicted octanol–water partition coefficient (Wildman–Crippen LogP) is 0.704. The van der Waals surface area contributed by atoms with E-state index in [1.54, 1.807) is 16.9 Å². The lowest BCUT2D eigenvalue weighted by atomic mass is 9.95. The minimum atomic E-state index is -0.545. The van der Waals surface area contributed by atoms with Crippen LogP contribution in [0.3, 0.4) is 0 Å². The summed E-state index contributed by atoms with van der Waals surface area (Å²) in [6.45, 7) is 0.390. The van der Waals surface area contributed by atoms with Crippen molar-refractivity contribution in [3.63, 3.8) is 0 Å². The van der Waals surface area contributed by atoms with Crippen LogP contribution in [0, 0.1) is 0 Å². The summed E-state index contributed by atoms with van der Waals surface area (Å²) in [7, 11) is 0. The largest absolute Gasteiger partial charge is 0.364 e. The summed E-state index contributed by atoms with van der Waals surface area (Å²) in [5.41, 5.74) is 14.6. The lowest BCUT2D eigenvalue weighted by Gasteiger charge is -2.18. The Kier molecular flexibility index (Phi) is 3.23. The number of carbonyl (C=O) groups excluding carboxylic acids is 1. The van der Waals surface area contributed by atoms with Crippen LogP contribution in [0.4, 0.5) is 0 Å². The molecule has 1 aliphatic carbocycles. The Labute approximate surface area is 116 Å². The van der Waals surface area contributed by atoms with E-state index >= 15 is 0 Å². The Morgan fingerprint density at radius 3 is 2.85 bits per heavy atom. The minimum Gasteiger partial charge on any atom is -0.364 e.